The first-order chi connectivity index (χ1) is 12.1. The van der Waals surface area contributed by atoms with Crippen LogP contribution in [0.4, 0.5) is 19.0 Å². The summed E-state index contributed by atoms with van der Waals surface area (Å²) in [4.78, 5) is 28.8. The first-order valence-electron chi connectivity index (χ1n) is 7.41. The molecule has 1 aliphatic rings. The monoisotopic (exact) mass is 375 g/mol. The number of carboxylic acid groups (broad SMARTS) is 2. The van der Waals surface area contributed by atoms with E-state index in [0.29, 0.717) is 11.0 Å². The average molecular weight is 375 g/mol. The van der Waals surface area contributed by atoms with Gasteiger partial charge < -0.3 is 20.0 Å². The molecule has 0 spiro atoms. The van der Waals surface area contributed by atoms with Crippen LogP contribution in [0.2, 0.25) is 0 Å². The maximum Gasteiger partial charge on any atom is 0.490 e. The van der Waals surface area contributed by atoms with Crippen molar-refractivity contribution in [3.63, 3.8) is 0 Å². The van der Waals surface area contributed by atoms with Gasteiger partial charge in [0.15, 0.2) is 11.3 Å². The van der Waals surface area contributed by atoms with E-state index < -0.39 is 18.1 Å². The molecule has 142 valence electrons. The van der Waals surface area contributed by atoms with E-state index in [-0.39, 0.29) is 5.69 Å². The van der Waals surface area contributed by atoms with E-state index in [4.69, 9.17) is 15.0 Å². The third kappa shape index (κ3) is 4.59. The lowest BCUT2D eigenvalue weighted by Crippen LogP contribution is -2.44. The Morgan fingerprint density at radius 3 is 2.23 bits per heavy atom. The number of anilines is 1. The number of hydrogen-bond acceptors (Lipinski definition) is 6. The molecule has 1 aliphatic heterocycles. The van der Waals surface area contributed by atoms with Crippen LogP contribution in [-0.4, -0.2) is 81.6 Å². The van der Waals surface area contributed by atoms with Crippen molar-refractivity contribution in [1.29, 1.82) is 0 Å². The van der Waals surface area contributed by atoms with Crippen LogP contribution in [0.25, 0.3) is 11.0 Å². The molecule has 1 fully saturated rings. The number of carboxylic acids is 2. The summed E-state index contributed by atoms with van der Waals surface area (Å²) < 4.78 is 31.7. The van der Waals surface area contributed by atoms with Gasteiger partial charge in [-0.3, -0.25) is 5.10 Å². The van der Waals surface area contributed by atoms with Gasteiger partial charge in [0.1, 0.15) is 5.82 Å². The Morgan fingerprint density at radius 2 is 1.73 bits per heavy atom. The van der Waals surface area contributed by atoms with Gasteiger partial charge in [0.2, 0.25) is 0 Å². The third-order valence-corrected chi connectivity index (χ3v) is 3.68. The highest BCUT2D eigenvalue weighted by molar-refractivity contribution is 6.00. The number of aromatic amines is 1. The van der Waals surface area contributed by atoms with Gasteiger partial charge in [-0.25, -0.2) is 14.6 Å². The SMILES string of the molecule is CN1CCN(c2ccc3c(C(=O)O)n[nH]c3n2)CC1.O=C(O)C(F)(F)F. The van der Waals surface area contributed by atoms with Crippen LogP contribution in [-0.2, 0) is 4.79 Å². The minimum Gasteiger partial charge on any atom is -0.476 e. The number of halogens is 3. The van der Waals surface area contributed by atoms with Crippen molar-refractivity contribution in [2.45, 2.75) is 6.18 Å². The van der Waals surface area contributed by atoms with Gasteiger partial charge in [0.25, 0.3) is 0 Å². The summed E-state index contributed by atoms with van der Waals surface area (Å²) in [6.45, 7) is 3.86. The number of nitrogens with one attached hydrogen (secondary N) is 1. The van der Waals surface area contributed by atoms with Gasteiger partial charge in [0.05, 0.1) is 5.39 Å². The van der Waals surface area contributed by atoms with Crippen molar-refractivity contribution in [3.8, 4) is 0 Å². The van der Waals surface area contributed by atoms with Crippen LogP contribution in [0.3, 0.4) is 0 Å². The van der Waals surface area contributed by atoms with Crippen molar-refractivity contribution in [1.82, 2.24) is 20.1 Å². The van der Waals surface area contributed by atoms with Crippen LogP contribution in [0, 0.1) is 0 Å². The highest BCUT2D eigenvalue weighted by atomic mass is 19.4. The summed E-state index contributed by atoms with van der Waals surface area (Å²) in [6.07, 6.45) is -5.08. The quantitative estimate of drug-likeness (QED) is 0.712. The first kappa shape index (κ1) is 19.4. The van der Waals surface area contributed by atoms with Crippen molar-refractivity contribution < 1.29 is 33.0 Å². The smallest absolute Gasteiger partial charge is 0.476 e. The van der Waals surface area contributed by atoms with E-state index in [9.17, 15) is 18.0 Å². The summed E-state index contributed by atoms with van der Waals surface area (Å²) in [5.74, 6) is -2.94. The Labute approximate surface area is 145 Å². The zero-order chi connectivity index (χ0) is 19.5. The number of piperazine rings is 1. The number of aromatic nitrogens is 3. The van der Waals surface area contributed by atoms with Crippen molar-refractivity contribution in [2.24, 2.45) is 0 Å². The zero-order valence-electron chi connectivity index (χ0n) is 13.6. The van der Waals surface area contributed by atoms with E-state index in [1.54, 1.807) is 6.07 Å². The molecule has 2 aromatic heterocycles. The van der Waals surface area contributed by atoms with Crippen molar-refractivity contribution in [3.05, 3.63) is 17.8 Å². The molecule has 0 unspecified atom stereocenters. The molecule has 0 amide bonds. The second kappa shape index (κ2) is 7.56. The fraction of sp³-hybridized carbons (Fsp3) is 0.429. The molecule has 0 bridgehead atoms. The molecule has 9 nitrogen and oxygen atoms in total. The van der Waals surface area contributed by atoms with E-state index in [1.807, 2.05) is 6.07 Å². The minimum atomic E-state index is -5.08. The molecule has 2 aromatic rings. The Bertz CT molecular complexity index is 799. The molecule has 1 saturated heterocycles. The molecular formula is C14H16F3N5O4. The molecule has 3 N–H and O–H groups in total. The molecule has 12 heteroatoms. The number of likely N-dealkylation sites (N-methyl/N-ethyl adjacent to an activating group) is 1. The Kier molecular flexibility index (Phi) is 5.65. The number of hydrogen-bond donors (Lipinski definition) is 3. The van der Waals surface area contributed by atoms with Crippen LogP contribution >= 0.6 is 0 Å². The van der Waals surface area contributed by atoms with E-state index in [2.05, 4.69) is 32.0 Å². The van der Waals surface area contributed by atoms with Gasteiger partial charge in [-0.05, 0) is 19.2 Å². The van der Waals surface area contributed by atoms with Crippen molar-refractivity contribution >= 4 is 28.8 Å². The van der Waals surface area contributed by atoms with Gasteiger partial charge in [-0.1, -0.05) is 0 Å². The number of H-pyrrole nitrogens is 1. The number of aromatic carboxylic acids is 1. The summed E-state index contributed by atoms with van der Waals surface area (Å²) in [5, 5.41) is 23.1. The Morgan fingerprint density at radius 1 is 1.15 bits per heavy atom. The maximum atomic E-state index is 11.0. The first-order valence-corrected chi connectivity index (χ1v) is 7.41. The number of rotatable bonds is 2. The van der Waals surface area contributed by atoms with E-state index in [1.165, 1.54) is 0 Å². The van der Waals surface area contributed by atoms with Crippen molar-refractivity contribution in [2.75, 3.05) is 38.1 Å². The van der Waals surface area contributed by atoms with Gasteiger partial charge in [-0.15, -0.1) is 0 Å². The molecular weight excluding hydrogens is 359 g/mol. The second-order valence-electron chi connectivity index (χ2n) is 5.54. The van der Waals surface area contributed by atoms with Crippen LogP contribution < -0.4 is 4.90 Å². The van der Waals surface area contributed by atoms with Gasteiger partial charge >= 0.3 is 18.1 Å². The topological polar surface area (TPSA) is 123 Å². The standard InChI is InChI=1S/C12H15N5O2.C2HF3O2/c1-16-4-6-17(7-5-16)9-3-2-8-10(12(18)19)14-15-11(8)13-9;3-2(4,5)1(6)7/h2-3H,4-7H2,1H3,(H,18,19)(H,13,14,15);(H,6,7). The summed E-state index contributed by atoms with van der Waals surface area (Å²) in [6, 6.07) is 3.62. The largest absolute Gasteiger partial charge is 0.490 e. The molecule has 3 rings (SSSR count). The third-order valence-electron chi connectivity index (χ3n) is 3.68. The average Bonchev–Trinajstić information content (AvgIpc) is 2.98. The van der Waals surface area contributed by atoms with Crippen LogP contribution in [0.15, 0.2) is 12.1 Å². The Balaban J connectivity index is 0.000000298. The number of nitrogens with zero attached hydrogens (tertiary/aromatic N) is 4. The lowest BCUT2D eigenvalue weighted by molar-refractivity contribution is -0.192. The normalized spacial score (nSPS) is 15.5. The zero-order valence-corrected chi connectivity index (χ0v) is 13.6. The van der Waals surface area contributed by atoms with Crippen LogP contribution in [0.1, 0.15) is 10.5 Å². The molecule has 0 saturated carbocycles. The Hall–Kier alpha value is -2.89. The molecule has 0 aliphatic carbocycles. The number of pyridine rings is 1. The minimum absolute atomic E-state index is 0.0208. The second-order valence-corrected chi connectivity index (χ2v) is 5.54. The highest BCUT2D eigenvalue weighted by Gasteiger charge is 2.38. The van der Waals surface area contributed by atoms with E-state index in [0.717, 1.165) is 32.0 Å². The summed E-state index contributed by atoms with van der Waals surface area (Å²) >= 11 is 0. The van der Waals surface area contributed by atoms with Gasteiger partial charge in [-0.2, -0.15) is 18.3 Å². The summed E-state index contributed by atoms with van der Waals surface area (Å²) in [5.41, 5.74) is 0.543. The summed E-state index contributed by atoms with van der Waals surface area (Å²) in [7, 11) is 2.10. The number of carbonyl (C=O) groups is 2. The van der Waals surface area contributed by atoms with E-state index >= 15 is 0 Å². The maximum absolute atomic E-state index is 11.0. The molecule has 0 aromatic carbocycles. The predicted molar refractivity (Wildman–Crippen MR) is 84.2 cm³/mol. The fourth-order valence-electron chi connectivity index (χ4n) is 2.27. The van der Waals surface area contributed by atoms with Crippen LogP contribution in [0.5, 0.6) is 0 Å². The lowest BCUT2D eigenvalue weighted by atomic mass is 10.2. The highest BCUT2D eigenvalue weighted by Crippen LogP contribution is 2.20. The number of aliphatic carboxylic acids is 1. The molecule has 0 radical (unpaired) electrons. The lowest BCUT2D eigenvalue weighted by Gasteiger charge is -2.33. The number of alkyl halides is 3. The predicted octanol–water partition coefficient (Wildman–Crippen LogP) is 1.04. The molecule has 3 heterocycles. The molecule has 26 heavy (non-hydrogen) atoms. The molecule has 0 atom stereocenters. The fourth-order valence-corrected chi connectivity index (χ4v) is 2.27. The van der Waals surface area contributed by atoms with Gasteiger partial charge in [0, 0.05) is 26.2 Å². The number of fused-ring (bicyclic) bond motifs is 1.